The first-order chi connectivity index (χ1) is 8.24. The lowest BCUT2D eigenvalue weighted by Crippen LogP contribution is -1.99. The van der Waals surface area contributed by atoms with Crippen LogP contribution in [0.2, 0.25) is 0 Å². The minimum absolute atomic E-state index is 0.385. The first kappa shape index (κ1) is 14.1. The highest BCUT2D eigenvalue weighted by atomic mass is 19.1. The van der Waals surface area contributed by atoms with Crippen LogP contribution in [-0.2, 0) is 0 Å². The van der Waals surface area contributed by atoms with Crippen LogP contribution in [-0.4, -0.2) is 10.1 Å². The molecule has 1 rings (SSSR count). The van der Waals surface area contributed by atoms with E-state index in [1.165, 1.54) is 37.9 Å². The van der Waals surface area contributed by atoms with E-state index in [1.54, 1.807) is 0 Å². The van der Waals surface area contributed by atoms with Gasteiger partial charge in [-0.2, -0.15) is 0 Å². The van der Waals surface area contributed by atoms with Gasteiger partial charge in [-0.3, -0.25) is 4.98 Å². The molecule has 0 spiro atoms. The van der Waals surface area contributed by atoms with Gasteiger partial charge in [0.25, 0.3) is 0 Å². The van der Waals surface area contributed by atoms with Crippen molar-refractivity contribution in [3.8, 4) is 0 Å². The molecule has 2 nitrogen and oxygen atoms in total. The lowest BCUT2D eigenvalue weighted by molar-refractivity contribution is 0.162. The summed E-state index contributed by atoms with van der Waals surface area (Å²) in [6.07, 6.45) is 9.96. The molecule has 0 amide bonds. The van der Waals surface area contributed by atoms with Crippen LogP contribution in [0.25, 0.3) is 0 Å². The van der Waals surface area contributed by atoms with Crippen LogP contribution in [0, 0.1) is 5.82 Å². The number of pyridine rings is 1. The highest BCUT2D eigenvalue weighted by molar-refractivity contribution is 5.12. The summed E-state index contributed by atoms with van der Waals surface area (Å²) < 4.78 is 12.9. The van der Waals surface area contributed by atoms with Crippen molar-refractivity contribution in [3.05, 3.63) is 29.8 Å². The number of aromatic nitrogens is 1. The first-order valence-corrected chi connectivity index (χ1v) is 6.52. The van der Waals surface area contributed by atoms with E-state index in [-0.39, 0.29) is 5.82 Å². The molecule has 1 heterocycles. The fourth-order valence-electron chi connectivity index (χ4n) is 1.90. The van der Waals surface area contributed by atoms with Gasteiger partial charge in [-0.15, -0.1) is 0 Å². The van der Waals surface area contributed by atoms with E-state index in [0.29, 0.717) is 12.0 Å². The Bertz CT molecular complexity index is 317. The quantitative estimate of drug-likeness (QED) is 0.695. The smallest absolute Gasteiger partial charge is 0.141 e. The number of nitrogens with zero attached hydrogens (tertiary/aromatic N) is 1. The molecular formula is C14H22FNO. The molecule has 17 heavy (non-hydrogen) atoms. The van der Waals surface area contributed by atoms with Crippen LogP contribution < -0.4 is 0 Å². The van der Waals surface area contributed by atoms with Crippen molar-refractivity contribution in [2.45, 2.75) is 58.0 Å². The minimum atomic E-state index is -0.579. The number of hydrogen-bond acceptors (Lipinski definition) is 2. The maximum Gasteiger partial charge on any atom is 0.141 e. The van der Waals surface area contributed by atoms with Crippen molar-refractivity contribution in [2.24, 2.45) is 0 Å². The number of halogens is 1. The second-order valence-electron chi connectivity index (χ2n) is 4.51. The van der Waals surface area contributed by atoms with Gasteiger partial charge in [0.1, 0.15) is 5.82 Å². The van der Waals surface area contributed by atoms with Crippen LogP contribution in [0.4, 0.5) is 4.39 Å². The maximum atomic E-state index is 12.9. The van der Waals surface area contributed by atoms with Gasteiger partial charge in [0.15, 0.2) is 0 Å². The molecule has 0 aromatic carbocycles. The molecule has 0 saturated carbocycles. The summed E-state index contributed by atoms with van der Waals surface area (Å²) in [6.45, 7) is 2.20. The number of aliphatic hydroxyl groups excluding tert-OH is 1. The molecule has 0 aliphatic heterocycles. The van der Waals surface area contributed by atoms with Gasteiger partial charge in [0.2, 0.25) is 0 Å². The van der Waals surface area contributed by atoms with E-state index < -0.39 is 6.10 Å². The third kappa shape index (κ3) is 5.78. The van der Waals surface area contributed by atoms with E-state index in [2.05, 4.69) is 11.9 Å². The molecule has 1 aromatic rings. The number of unbranched alkanes of at least 4 members (excludes halogenated alkanes) is 5. The normalized spacial score (nSPS) is 12.6. The summed E-state index contributed by atoms with van der Waals surface area (Å²) >= 11 is 0. The van der Waals surface area contributed by atoms with Gasteiger partial charge in [0.05, 0.1) is 12.3 Å². The lowest BCUT2D eigenvalue weighted by atomic mass is 10.0. The van der Waals surface area contributed by atoms with Crippen molar-refractivity contribution < 1.29 is 9.50 Å². The molecule has 1 N–H and O–H groups in total. The molecule has 1 unspecified atom stereocenters. The summed E-state index contributed by atoms with van der Waals surface area (Å²) in [5.74, 6) is -0.385. The first-order valence-electron chi connectivity index (χ1n) is 6.52. The van der Waals surface area contributed by atoms with Gasteiger partial charge < -0.3 is 5.11 Å². The van der Waals surface area contributed by atoms with Crippen molar-refractivity contribution in [1.82, 2.24) is 4.98 Å². The van der Waals surface area contributed by atoms with Crippen LogP contribution in [0.3, 0.4) is 0 Å². The van der Waals surface area contributed by atoms with Crippen LogP contribution in [0.15, 0.2) is 18.5 Å². The second-order valence-corrected chi connectivity index (χ2v) is 4.51. The van der Waals surface area contributed by atoms with E-state index in [0.717, 1.165) is 19.0 Å². The highest BCUT2D eigenvalue weighted by Gasteiger charge is 2.08. The predicted octanol–water partition coefficient (Wildman–Crippen LogP) is 4.00. The largest absolute Gasteiger partial charge is 0.388 e. The van der Waals surface area contributed by atoms with Crippen molar-refractivity contribution in [1.29, 1.82) is 0 Å². The summed E-state index contributed by atoms with van der Waals surface area (Å²) in [5, 5.41) is 9.84. The third-order valence-corrected chi connectivity index (χ3v) is 2.94. The standard InChI is InChI=1S/C14H22FNO/c1-2-3-4-5-6-7-8-14(17)12-9-13(15)11-16-10-12/h9-11,14,17H,2-8H2,1H3. The van der Waals surface area contributed by atoms with Gasteiger partial charge in [-0.05, 0) is 12.5 Å². The Morgan fingerprint density at radius 2 is 1.88 bits per heavy atom. The molecule has 1 aromatic heterocycles. The number of rotatable bonds is 8. The molecule has 3 heteroatoms. The average molecular weight is 239 g/mol. The average Bonchev–Trinajstić information content (AvgIpc) is 2.33. The molecule has 0 radical (unpaired) electrons. The zero-order chi connectivity index (χ0) is 12.5. The van der Waals surface area contributed by atoms with Crippen LogP contribution in [0.1, 0.15) is 63.5 Å². The van der Waals surface area contributed by atoms with E-state index in [9.17, 15) is 9.50 Å². The van der Waals surface area contributed by atoms with Gasteiger partial charge in [0, 0.05) is 11.8 Å². The number of aliphatic hydroxyl groups is 1. The summed E-state index contributed by atoms with van der Waals surface area (Å²) in [7, 11) is 0. The van der Waals surface area contributed by atoms with Crippen molar-refractivity contribution >= 4 is 0 Å². The summed E-state index contributed by atoms with van der Waals surface area (Å²) in [5.41, 5.74) is 0.582. The Balaban J connectivity index is 2.19. The van der Waals surface area contributed by atoms with Crippen LogP contribution >= 0.6 is 0 Å². The SMILES string of the molecule is CCCCCCCCC(O)c1cncc(F)c1. The van der Waals surface area contributed by atoms with Crippen LogP contribution in [0.5, 0.6) is 0 Å². The molecule has 96 valence electrons. The summed E-state index contributed by atoms with van der Waals surface area (Å²) in [6, 6.07) is 1.36. The maximum absolute atomic E-state index is 12.9. The Morgan fingerprint density at radius 1 is 1.18 bits per heavy atom. The molecule has 0 aliphatic rings. The van der Waals surface area contributed by atoms with Gasteiger partial charge >= 0.3 is 0 Å². The van der Waals surface area contributed by atoms with E-state index in [1.807, 2.05) is 0 Å². The molecule has 0 saturated heterocycles. The minimum Gasteiger partial charge on any atom is -0.388 e. The number of hydrogen-bond donors (Lipinski definition) is 1. The zero-order valence-corrected chi connectivity index (χ0v) is 10.5. The summed E-state index contributed by atoms with van der Waals surface area (Å²) in [4.78, 5) is 3.74. The molecule has 0 fully saturated rings. The second kappa shape index (κ2) is 8.18. The monoisotopic (exact) mass is 239 g/mol. The van der Waals surface area contributed by atoms with E-state index >= 15 is 0 Å². The Hall–Kier alpha value is -0.960. The Morgan fingerprint density at radius 3 is 2.59 bits per heavy atom. The molecule has 0 aliphatic carbocycles. The molecular weight excluding hydrogens is 217 g/mol. The predicted molar refractivity (Wildman–Crippen MR) is 67.1 cm³/mol. The highest BCUT2D eigenvalue weighted by Crippen LogP contribution is 2.19. The molecule has 0 bridgehead atoms. The van der Waals surface area contributed by atoms with E-state index in [4.69, 9.17) is 0 Å². The lowest BCUT2D eigenvalue weighted by Gasteiger charge is -2.10. The Kier molecular flexibility index (Phi) is 6.78. The molecule has 1 atom stereocenters. The fourth-order valence-corrected chi connectivity index (χ4v) is 1.90. The third-order valence-electron chi connectivity index (χ3n) is 2.94. The fraction of sp³-hybridized carbons (Fsp3) is 0.643. The van der Waals surface area contributed by atoms with Gasteiger partial charge in [-0.1, -0.05) is 45.4 Å². The van der Waals surface area contributed by atoms with Crippen molar-refractivity contribution in [3.63, 3.8) is 0 Å². The van der Waals surface area contributed by atoms with Gasteiger partial charge in [-0.25, -0.2) is 4.39 Å². The van der Waals surface area contributed by atoms with Crippen molar-refractivity contribution in [2.75, 3.05) is 0 Å². The Labute approximate surface area is 103 Å². The zero-order valence-electron chi connectivity index (χ0n) is 10.5. The topological polar surface area (TPSA) is 33.1 Å².